The summed E-state index contributed by atoms with van der Waals surface area (Å²) in [7, 11) is 1.65. The predicted octanol–water partition coefficient (Wildman–Crippen LogP) is 0.657. The van der Waals surface area contributed by atoms with Crippen molar-refractivity contribution in [2.75, 3.05) is 46.4 Å². The van der Waals surface area contributed by atoms with Gasteiger partial charge in [0.05, 0.1) is 18.9 Å². The van der Waals surface area contributed by atoms with E-state index in [4.69, 9.17) is 10.2 Å². The second-order valence-corrected chi connectivity index (χ2v) is 6.03. The average molecular weight is 375 g/mol. The Morgan fingerprint density at radius 3 is 2.15 bits per heavy atom. The second-order valence-electron chi connectivity index (χ2n) is 6.03. The number of carbonyl (C=O) groups excluding carboxylic acids is 2. The monoisotopic (exact) mass is 375 g/mol. The molecule has 1 rings (SSSR count). The molecule has 1 amide bonds. The molecule has 0 radical (unpaired) electrons. The standard InChI is InChI=1S/C20H29N3O4/c1-16(26)4-9-19(21-2)17-5-7-18(8-6-17)20(27)22-10-3-11-23(12-14-24)13-15-25/h4-9,24-25H,3,10-15H2,1-2H3,(H,22,27)/b9-4-,21-19?. The molecule has 0 heterocycles. The van der Waals surface area contributed by atoms with Gasteiger partial charge < -0.3 is 15.5 Å². The topological polar surface area (TPSA) is 102 Å². The Kier molecular flexibility index (Phi) is 10.9. The van der Waals surface area contributed by atoms with Crippen LogP contribution in [0.1, 0.15) is 29.3 Å². The Morgan fingerprint density at radius 1 is 1.04 bits per heavy atom. The number of ketones is 1. The Morgan fingerprint density at radius 2 is 1.63 bits per heavy atom. The lowest BCUT2D eigenvalue weighted by Crippen LogP contribution is -2.33. The van der Waals surface area contributed by atoms with Gasteiger partial charge in [0.2, 0.25) is 0 Å². The SMILES string of the molecule is CN=C(/C=C\C(C)=O)c1ccc(C(=O)NCCCN(CCO)CCO)cc1. The highest BCUT2D eigenvalue weighted by Gasteiger charge is 2.07. The van der Waals surface area contributed by atoms with Gasteiger partial charge >= 0.3 is 0 Å². The van der Waals surface area contributed by atoms with E-state index >= 15 is 0 Å². The lowest BCUT2D eigenvalue weighted by Gasteiger charge is -2.19. The molecule has 3 N–H and O–H groups in total. The van der Waals surface area contributed by atoms with Crippen molar-refractivity contribution in [1.29, 1.82) is 0 Å². The minimum atomic E-state index is -0.160. The Labute approximate surface area is 160 Å². The smallest absolute Gasteiger partial charge is 0.251 e. The van der Waals surface area contributed by atoms with E-state index in [1.807, 2.05) is 4.90 Å². The number of nitrogens with zero attached hydrogens (tertiary/aromatic N) is 2. The van der Waals surface area contributed by atoms with Crippen LogP contribution in [0.25, 0.3) is 0 Å². The van der Waals surface area contributed by atoms with Gasteiger partial charge in [0, 0.05) is 32.2 Å². The van der Waals surface area contributed by atoms with Crippen molar-refractivity contribution in [1.82, 2.24) is 10.2 Å². The van der Waals surface area contributed by atoms with Crippen molar-refractivity contribution in [3.05, 3.63) is 47.5 Å². The summed E-state index contributed by atoms with van der Waals surface area (Å²) < 4.78 is 0. The van der Waals surface area contributed by atoms with Gasteiger partial charge in [-0.15, -0.1) is 0 Å². The van der Waals surface area contributed by atoms with Crippen molar-refractivity contribution in [3.63, 3.8) is 0 Å². The molecule has 148 valence electrons. The number of hydrogen-bond donors (Lipinski definition) is 3. The van der Waals surface area contributed by atoms with Gasteiger partial charge in [-0.25, -0.2) is 0 Å². The normalized spacial score (nSPS) is 12.0. The first-order valence-corrected chi connectivity index (χ1v) is 9.00. The van der Waals surface area contributed by atoms with Gasteiger partial charge in [-0.3, -0.25) is 19.5 Å². The number of amides is 1. The molecule has 0 aromatic heterocycles. The summed E-state index contributed by atoms with van der Waals surface area (Å²) in [6.07, 6.45) is 3.84. The van der Waals surface area contributed by atoms with Crippen LogP contribution < -0.4 is 5.32 Å². The summed E-state index contributed by atoms with van der Waals surface area (Å²) in [5.74, 6) is -0.213. The van der Waals surface area contributed by atoms with E-state index in [1.165, 1.54) is 13.0 Å². The van der Waals surface area contributed by atoms with Crippen LogP contribution in [0.15, 0.2) is 41.4 Å². The summed E-state index contributed by atoms with van der Waals surface area (Å²) in [5, 5.41) is 20.8. The van der Waals surface area contributed by atoms with Crippen LogP contribution in [0.4, 0.5) is 0 Å². The molecule has 0 aliphatic heterocycles. The molecular weight excluding hydrogens is 346 g/mol. The van der Waals surface area contributed by atoms with E-state index in [1.54, 1.807) is 37.4 Å². The van der Waals surface area contributed by atoms with E-state index in [0.717, 1.165) is 12.0 Å². The maximum absolute atomic E-state index is 12.2. The summed E-state index contributed by atoms with van der Waals surface area (Å²) in [5.41, 5.74) is 2.05. The molecule has 7 nitrogen and oxygen atoms in total. The van der Waals surface area contributed by atoms with Crippen LogP contribution in [0.5, 0.6) is 0 Å². The van der Waals surface area contributed by atoms with E-state index in [-0.39, 0.29) is 24.9 Å². The molecule has 27 heavy (non-hydrogen) atoms. The summed E-state index contributed by atoms with van der Waals surface area (Å²) in [4.78, 5) is 29.4. The van der Waals surface area contributed by atoms with Crippen molar-refractivity contribution >= 4 is 17.4 Å². The third-order valence-corrected chi connectivity index (χ3v) is 3.93. The molecule has 0 fully saturated rings. The molecule has 1 aromatic carbocycles. The highest BCUT2D eigenvalue weighted by atomic mass is 16.3. The molecular formula is C20H29N3O4. The lowest BCUT2D eigenvalue weighted by atomic mass is 10.1. The molecule has 0 atom stereocenters. The Bertz CT molecular complexity index is 648. The predicted molar refractivity (Wildman–Crippen MR) is 106 cm³/mol. The van der Waals surface area contributed by atoms with Crippen LogP contribution in [0.3, 0.4) is 0 Å². The van der Waals surface area contributed by atoms with Crippen molar-refractivity contribution in [2.24, 2.45) is 4.99 Å². The average Bonchev–Trinajstić information content (AvgIpc) is 2.66. The fourth-order valence-corrected chi connectivity index (χ4v) is 2.51. The molecule has 0 saturated carbocycles. The van der Waals surface area contributed by atoms with Crippen molar-refractivity contribution < 1.29 is 19.8 Å². The molecule has 0 bridgehead atoms. The fourth-order valence-electron chi connectivity index (χ4n) is 2.51. The largest absolute Gasteiger partial charge is 0.395 e. The van der Waals surface area contributed by atoms with Gasteiger partial charge in [-0.2, -0.15) is 0 Å². The Balaban J connectivity index is 2.53. The number of aliphatic hydroxyl groups excluding tert-OH is 2. The maximum Gasteiger partial charge on any atom is 0.251 e. The zero-order valence-electron chi connectivity index (χ0n) is 16.0. The molecule has 7 heteroatoms. The van der Waals surface area contributed by atoms with Crippen molar-refractivity contribution in [3.8, 4) is 0 Å². The third kappa shape index (κ3) is 8.72. The quantitative estimate of drug-likeness (QED) is 0.283. The van der Waals surface area contributed by atoms with E-state index in [9.17, 15) is 9.59 Å². The summed E-state index contributed by atoms with van der Waals surface area (Å²) >= 11 is 0. The highest BCUT2D eigenvalue weighted by Crippen LogP contribution is 2.07. The number of hydrogen-bond acceptors (Lipinski definition) is 6. The number of aliphatic hydroxyl groups is 2. The van der Waals surface area contributed by atoms with Gasteiger partial charge in [-0.1, -0.05) is 12.1 Å². The lowest BCUT2D eigenvalue weighted by molar-refractivity contribution is -0.112. The minimum absolute atomic E-state index is 0.0450. The van der Waals surface area contributed by atoms with Crippen LogP contribution in [0, 0.1) is 0 Å². The molecule has 0 saturated heterocycles. The van der Waals surface area contributed by atoms with Crippen LogP contribution in [-0.4, -0.2) is 79.0 Å². The van der Waals surface area contributed by atoms with Crippen LogP contribution >= 0.6 is 0 Å². The van der Waals surface area contributed by atoms with E-state index in [0.29, 0.717) is 37.5 Å². The van der Waals surface area contributed by atoms with Crippen LogP contribution in [0.2, 0.25) is 0 Å². The summed E-state index contributed by atoms with van der Waals surface area (Å²) in [6, 6.07) is 7.04. The van der Waals surface area contributed by atoms with E-state index < -0.39 is 0 Å². The molecule has 0 unspecified atom stereocenters. The van der Waals surface area contributed by atoms with Gasteiger partial charge in [0.15, 0.2) is 5.78 Å². The minimum Gasteiger partial charge on any atom is -0.395 e. The number of rotatable bonds is 12. The number of allylic oxidation sites excluding steroid dienone is 2. The number of aliphatic imine (C=N–C) groups is 1. The number of benzene rings is 1. The van der Waals surface area contributed by atoms with Gasteiger partial charge in [-0.05, 0) is 49.7 Å². The summed E-state index contributed by atoms with van der Waals surface area (Å²) in [6.45, 7) is 3.79. The molecule has 0 spiro atoms. The second kappa shape index (κ2) is 12.9. The zero-order valence-corrected chi connectivity index (χ0v) is 16.0. The fraction of sp³-hybridized carbons (Fsp3) is 0.450. The maximum atomic E-state index is 12.2. The number of nitrogens with one attached hydrogen (secondary N) is 1. The first-order valence-electron chi connectivity index (χ1n) is 9.00. The van der Waals surface area contributed by atoms with Gasteiger partial charge in [0.25, 0.3) is 5.91 Å². The van der Waals surface area contributed by atoms with Crippen molar-refractivity contribution in [2.45, 2.75) is 13.3 Å². The first kappa shape index (κ1) is 22.7. The molecule has 0 aliphatic rings. The Hall–Kier alpha value is -2.35. The molecule has 1 aromatic rings. The highest BCUT2D eigenvalue weighted by molar-refractivity contribution is 6.11. The molecule has 0 aliphatic carbocycles. The number of carbonyl (C=O) groups is 2. The zero-order chi connectivity index (χ0) is 20.1. The van der Waals surface area contributed by atoms with Crippen LogP contribution in [-0.2, 0) is 4.79 Å². The van der Waals surface area contributed by atoms with E-state index in [2.05, 4.69) is 10.3 Å². The van der Waals surface area contributed by atoms with Gasteiger partial charge in [0.1, 0.15) is 0 Å². The first-order chi connectivity index (χ1) is 13.0. The third-order valence-electron chi connectivity index (χ3n) is 3.93.